The monoisotopic (exact) mass is 478 g/mol. The van der Waals surface area contributed by atoms with E-state index in [0.29, 0.717) is 37.5 Å². The second-order valence-electron chi connectivity index (χ2n) is 6.84. The minimum atomic E-state index is -0.448. The Morgan fingerprint density at radius 3 is 2.60 bits per heavy atom. The molecule has 3 aromatic rings. The number of ketones is 1. The molecule has 1 aliphatic rings. The molecule has 0 saturated heterocycles. The number of nitrogens with zero attached hydrogens (tertiary/aromatic N) is 3. The van der Waals surface area contributed by atoms with Crippen molar-refractivity contribution in [2.75, 3.05) is 5.32 Å². The lowest BCUT2D eigenvalue weighted by Crippen LogP contribution is -2.27. The van der Waals surface area contributed by atoms with E-state index in [1.54, 1.807) is 23.7 Å². The number of allylic oxidation sites excluding steroid dienone is 2. The summed E-state index contributed by atoms with van der Waals surface area (Å²) >= 11 is 20.1. The average Bonchev–Trinajstić information content (AvgIpc) is 3.10. The van der Waals surface area contributed by atoms with Crippen molar-refractivity contribution < 1.29 is 4.79 Å². The minimum Gasteiger partial charge on any atom is -0.328 e. The molecule has 2 aromatic carbocycles. The maximum absolute atomic E-state index is 12.5. The Morgan fingerprint density at radius 1 is 1.13 bits per heavy atom. The van der Waals surface area contributed by atoms with E-state index in [0.717, 1.165) is 16.8 Å². The molecule has 9 heteroatoms. The summed E-state index contributed by atoms with van der Waals surface area (Å²) < 4.78 is 1.72. The molecule has 5 nitrogen and oxygen atoms in total. The van der Waals surface area contributed by atoms with Crippen molar-refractivity contribution in [2.24, 2.45) is 0 Å². The molecule has 154 valence electrons. The molecule has 0 radical (unpaired) electrons. The van der Waals surface area contributed by atoms with Gasteiger partial charge in [-0.05, 0) is 43.2 Å². The third-order valence-corrected chi connectivity index (χ3v) is 6.78. The van der Waals surface area contributed by atoms with Crippen molar-refractivity contribution >= 4 is 58.3 Å². The van der Waals surface area contributed by atoms with Crippen LogP contribution >= 0.6 is 46.6 Å². The number of hydrogen-bond donors (Lipinski definition) is 1. The van der Waals surface area contributed by atoms with Crippen molar-refractivity contribution in [3.05, 3.63) is 79.9 Å². The van der Waals surface area contributed by atoms with Gasteiger partial charge in [-0.25, -0.2) is 4.68 Å². The molecular weight excluding hydrogens is 463 g/mol. The minimum absolute atomic E-state index is 0.0532. The van der Waals surface area contributed by atoms with Crippen molar-refractivity contribution in [2.45, 2.75) is 30.8 Å². The van der Waals surface area contributed by atoms with E-state index in [-0.39, 0.29) is 5.78 Å². The lowest BCUT2D eigenvalue weighted by molar-refractivity contribution is -0.114. The van der Waals surface area contributed by atoms with E-state index in [9.17, 15) is 4.79 Å². The summed E-state index contributed by atoms with van der Waals surface area (Å²) in [6, 6.07) is 12.6. The number of rotatable bonds is 5. The SMILES string of the molecule is CC(=O)C1=C(C)Nc2nc(SCc3ccccc3Cl)nn2C1c1ccc(Cl)c(Cl)c1. The molecule has 4 rings (SSSR count). The number of carbonyl (C=O) groups excluding carboxylic acids is 1. The largest absolute Gasteiger partial charge is 0.328 e. The molecule has 0 bridgehead atoms. The Labute approximate surface area is 193 Å². The number of hydrogen-bond acceptors (Lipinski definition) is 5. The Morgan fingerprint density at radius 2 is 1.90 bits per heavy atom. The van der Waals surface area contributed by atoms with Gasteiger partial charge in [0.15, 0.2) is 5.78 Å². The van der Waals surface area contributed by atoms with Gasteiger partial charge in [-0.1, -0.05) is 70.8 Å². The number of anilines is 1. The third-order valence-electron chi connectivity index (χ3n) is 4.79. The second-order valence-corrected chi connectivity index (χ2v) is 9.00. The number of carbonyl (C=O) groups is 1. The van der Waals surface area contributed by atoms with Gasteiger partial charge in [0.2, 0.25) is 11.1 Å². The first-order valence-corrected chi connectivity index (χ1v) is 11.2. The lowest BCUT2D eigenvalue weighted by atomic mass is 9.93. The highest BCUT2D eigenvalue weighted by Gasteiger charge is 2.33. The van der Waals surface area contributed by atoms with Crippen LogP contribution in [0.25, 0.3) is 0 Å². The zero-order valence-electron chi connectivity index (χ0n) is 16.1. The number of nitrogens with one attached hydrogen (secondary N) is 1. The van der Waals surface area contributed by atoms with Crippen molar-refractivity contribution in [3.63, 3.8) is 0 Å². The Balaban J connectivity index is 1.72. The normalized spacial score (nSPS) is 15.7. The van der Waals surface area contributed by atoms with Gasteiger partial charge in [0.05, 0.1) is 10.0 Å². The summed E-state index contributed by atoms with van der Waals surface area (Å²) in [6.07, 6.45) is 0. The van der Waals surface area contributed by atoms with Crippen LogP contribution in [0.2, 0.25) is 15.1 Å². The smallest absolute Gasteiger partial charge is 0.227 e. The number of halogens is 3. The molecule has 0 aliphatic carbocycles. The van der Waals surface area contributed by atoms with Gasteiger partial charge in [-0.2, -0.15) is 4.98 Å². The zero-order chi connectivity index (χ0) is 21.4. The summed E-state index contributed by atoms with van der Waals surface area (Å²) in [4.78, 5) is 17.1. The quantitative estimate of drug-likeness (QED) is 0.429. The van der Waals surface area contributed by atoms with Gasteiger partial charge < -0.3 is 5.32 Å². The molecule has 0 spiro atoms. The van der Waals surface area contributed by atoms with Crippen LogP contribution in [0.5, 0.6) is 0 Å². The summed E-state index contributed by atoms with van der Waals surface area (Å²) in [7, 11) is 0. The van der Waals surface area contributed by atoms with Crippen LogP contribution in [-0.2, 0) is 10.5 Å². The van der Waals surface area contributed by atoms with Gasteiger partial charge in [-0.3, -0.25) is 4.79 Å². The van der Waals surface area contributed by atoms with Gasteiger partial charge >= 0.3 is 0 Å². The molecule has 1 N–H and O–H groups in total. The number of benzene rings is 2. The maximum Gasteiger partial charge on any atom is 0.227 e. The van der Waals surface area contributed by atoms with E-state index in [1.807, 2.05) is 37.3 Å². The van der Waals surface area contributed by atoms with E-state index >= 15 is 0 Å². The number of Topliss-reactive ketones (excluding diaryl/α,β-unsaturated/α-hetero) is 1. The van der Waals surface area contributed by atoms with Crippen molar-refractivity contribution in [3.8, 4) is 0 Å². The highest BCUT2D eigenvalue weighted by molar-refractivity contribution is 7.98. The molecule has 1 unspecified atom stereocenters. The molecule has 0 amide bonds. The molecule has 1 aromatic heterocycles. The molecule has 0 fully saturated rings. The highest BCUT2D eigenvalue weighted by atomic mass is 35.5. The summed E-state index contributed by atoms with van der Waals surface area (Å²) in [6.45, 7) is 3.40. The van der Waals surface area contributed by atoms with Crippen LogP contribution < -0.4 is 5.32 Å². The Hall–Kier alpha value is -1.99. The van der Waals surface area contributed by atoms with Crippen LogP contribution in [0, 0.1) is 0 Å². The predicted molar refractivity (Wildman–Crippen MR) is 123 cm³/mol. The van der Waals surface area contributed by atoms with Crippen LogP contribution in [0.1, 0.15) is 31.0 Å². The first-order chi connectivity index (χ1) is 14.3. The lowest BCUT2D eigenvalue weighted by Gasteiger charge is -2.28. The van der Waals surface area contributed by atoms with Crippen molar-refractivity contribution in [1.82, 2.24) is 14.8 Å². The van der Waals surface area contributed by atoms with E-state index < -0.39 is 6.04 Å². The van der Waals surface area contributed by atoms with Gasteiger partial charge in [-0.15, -0.1) is 5.10 Å². The molecule has 30 heavy (non-hydrogen) atoms. The maximum atomic E-state index is 12.5. The third kappa shape index (κ3) is 4.10. The van der Waals surface area contributed by atoms with E-state index in [1.165, 1.54) is 11.8 Å². The molecule has 2 heterocycles. The number of thioether (sulfide) groups is 1. The standard InChI is InChI=1S/C21H17Cl3N4OS/c1-11-18(12(2)29)19(13-7-8-16(23)17(24)9-13)28-20(25-11)26-21(27-28)30-10-14-5-3-4-6-15(14)22/h3-9,19H,10H2,1-2H3,(H,25,26,27). The van der Waals surface area contributed by atoms with Gasteiger partial charge in [0.1, 0.15) is 6.04 Å². The van der Waals surface area contributed by atoms with Crippen molar-refractivity contribution in [1.29, 1.82) is 0 Å². The highest BCUT2D eigenvalue weighted by Crippen LogP contribution is 2.38. The predicted octanol–water partition coefficient (Wildman–Crippen LogP) is 6.41. The zero-order valence-corrected chi connectivity index (χ0v) is 19.2. The Kier molecular flexibility index (Phi) is 6.11. The van der Waals surface area contributed by atoms with Gasteiger partial charge in [0.25, 0.3) is 0 Å². The molecule has 1 aliphatic heterocycles. The molecule has 0 saturated carbocycles. The van der Waals surface area contributed by atoms with E-state index in [2.05, 4.69) is 15.4 Å². The summed E-state index contributed by atoms with van der Waals surface area (Å²) in [5.41, 5.74) is 3.16. The summed E-state index contributed by atoms with van der Waals surface area (Å²) in [5.74, 6) is 1.14. The first-order valence-electron chi connectivity index (χ1n) is 9.11. The second kappa shape index (κ2) is 8.63. The van der Waals surface area contributed by atoms with Crippen LogP contribution in [0.3, 0.4) is 0 Å². The topological polar surface area (TPSA) is 59.8 Å². The fourth-order valence-corrected chi connectivity index (χ4v) is 4.82. The first kappa shape index (κ1) is 21.2. The fraction of sp³-hybridized carbons (Fsp3) is 0.190. The molecular formula is C21H17Cl3N4OS. The fourth-order valence-electron chi connectivity index (χ4n) is 3.40. The van der Waals surface area contributed by atoms with Gasteiger partial charge in [0, 0.05) is 22.0 Å². The van der Waals surface area contributed by atoms with E-state index in [4.69, 9.17) is 34.8 Å². The Bertz CT molecular complexity index is 1170. The summed E-state index contributed by atoms with van der Waals surface area (Å²) in [5, 5.41) is 10.0. The number of fused-ring (bicyclic) bond motifs is 1. The van der Waals surface area contributed by atoms with Crippen LogP contribution in [0.15, 0.2) is 58.9 Å². The average molecular weight is 480 g/mol. The molecule has 1 atom stereocenters. The number of aromatic nitrogens is 3. The van der Waals surface area contributed by atoms with Crippen LogP contribution in [-0.4, -0.2) is 20.5 Å². The van der Waals surface area contributed by atoms with Crippen LogP contribution in [0.4, 0.5) is 5.95 Å².